The van der Waals surface area contributed by atoms with E-state index in [2.05, 4.69) is 27.2 Å². The molecule has 1 N–H and O–H groups in total. The van der Waals surface area contributed by atoms with E-state index < -0.39 is 0 Å². The first-order chi connectivity index (χ1) is 10.2. The first kappa shape index (κ1) is 14.0. The zero-order chi connectivity index (χ0) is 14.7. The van der Waals surface area contributed by atoms with Crippen LogP contribution in [0.25, 0.3) is 0 Å². The SMILES string of the molecule is Cc1csc(Nc2cc(C)c(Sc3ccccn3)cn2)n1. The third-order valence-corrected chi connectivity index (χ3v) is 4.74. The molecule has 0 aromatic carbocycles. The molecule has 0 saturated carbocycles. The second-order valence-corrected chi connectivity index (χ2v) is 6.44. The molecule has 0 aliphatic carbocycles. The molecule has 4 nitrogen and oxygen atoms in total. The van der Waals surface area contributed by atoms with Crippen molar-refractivity contribution in [3.63, 3.8) is 0 Å². The van der Waals surface area contributed by atoms with E-state index in [9.17, 15) is 0 Å². The molecule has 0 spiro atoms. The molecule has 0 aliphatic heterocycles. The lowest BCUT2D eigenvalue weighted by Gasteiger charge is -2.07. The van der Waals surface area contributed by atoms with E-state index in [0.717, 1.165) is 32.1 Å². The number of rotatable bonds is 4. The molecule has 0 radical (unpaired) electrons. The zero-order valence-electron chi connectivity index (χ0n) is 11.7. The van der Waals surface area contributed by atoms with Crippen molar-refractivity contribution in [1.29, 1.82) is 0 Å². The minimum absolute atomic E-state index is 0.812. The molecule has 0 bridgehead atoms. The highest BCUT2D eigenvalue weighted by Gasteiger charge is 2.06. The summed E-state index contributed by atoms with van der Waals surface area (Å²) in [4.78, 5) is 14.3. The summed E-state index contributed by atoms with van der Waals surface area (Å²) in [7, 11) is 0. The molecule has 21 heavy (non-hydrogen) atoms. The Balaban J connectivity index is 1.76. The van der Waals surface area contributed by atoms with Crippen LogP contribution in [0.3, 0.4) is 0 Å². The van der Waals surface area contributed by atoms with Gasteiger partial charge in [-0.25, -0.2) is 15.0 Å². The number of anilines is 2. The fourth-order valence-electron chi connectivity index (χ4n) is 1.76. The van der Waals surface area contributed by atoms with Gasteiger partial charge in [0, 0.05) is 22.7 Å². The van der Waals surface area contributed by atoms with E-state index in [0.29, 0.717) is 0 Å². The number of aryl methyl sites for hydroxylation is 2. The number of nitrogens with one attached hydrogen (secondary N) is 1. The van der Waals surface area contributed by atoms with Crippen molar-refractivity contribution in [3.05, 3.63) is 53.3 Å². The van der Waals surface area contributed by atoms with Crippen molar-refractivity contribution < 1.29 is 0 Å². The summed E-state index contributed by atoms with van der Waals surface area (Å²) in [6, 6.07) is 7.92. The molecule has 3 heterocycles. The van der Waals surface area contributed by atoms with Crippen molar-refractivity contribution in [1.82, 2.24) is 15.0 Å². The van der Waals surface area contributed by atoms with E-state index in [1.807, 2.05) is 42.8 Å². The standard InChI is InChI=1S/C15H14N4S2/c1-10-7-13(19-15-18-11(2)9-20-15)17-8-12(10)21-14-5-3-4-6-16-14/h3-9H,1-2H3,(H,17,18,19). The van der Waals surface area contributed by atoms with E-state index in [-0.39, 0.29) is 0 Å². The summed E-state index contributed by atoms with van der Waals surface area (Å²) in [5.41, 5.74) is 2.18. The topological polar surface area (TPSA) is 50.7 Å². The molecular formula is C15H14N4S2. The van der Waals surface area contributed by atoms with Gasteiger partial charge < -0.3 is 5.32 Å². The largest absolute Gasteiger partial charge is 0.316 e. The Bertz CT molecular complexity index is 740. The van der Waals surface area contributed by atoms with Gasteiger partial charge in [0.1, 0.15) is 10.8 Å². The third-order valence-electron chi connectivity index (χ3n) is 2.77. The number of nitrogens with zero attached hydrogens (tertiary/aromatic N) is 3. The molecule has 106 valence electrons. The van der Waals surface area contributed by atoms with Crippen LogP contribution in [0.1, 0.15) is 11.3 Å². The van der Waals surface area contributed by atoms with Crippen LogP contribution < -0.4 is 5.32 Å². The van der Waals surface area contributed by atoms with Crippen LogP contribution >= 0.6 is 23.1 Å². The minimum atomic E-state index is 0.812. The molecule has 0 unspecified atom stereocenters. The van der Waals surface area contributed by atoms with E-state index in [4.69, 9.17) is 0 Å². The summed E-state index contributed by atoms with van der Waals surface area (Å²) >= 11 is 3.20. The van der Waals surface area contributed by atoms with E-state index >= 15 is 0 Å². The summed E-state index contributed by atoms with van der Waals surface area (Å²) in [5, 5.41) is 7.08. The van der Waals surface area contributed by atoms with Crippen molar-refractivity contribution in [2.45, 2.75) is 23.8 Å². The monoisotopic (exact) mass is 314 g/mol. The average molecular weight is 314 g/mol. The fourth-order valence-corrected chi connectivity index (χ4v) is 3.27. The van der Waals surface area contributed by atoms with Gasteiger partial charge in [-0.15, -0.1) is 11.3 Å². The summed E-state index contributed by atoms with van der Waals surface area (Å²) in [6.07, 6.45) is 3.67. The molecule has 0 aliphatic rings. The second-order valence-electron chi connectivity index (χ2n) is 4.52. The Morgan fingerprint density at radius 3 is 2.76 bits per heavy atom. The minimum Gasteiger partial charge on any atom is -0.316 e. The molecule has 0 amide bonds. The van der Waals surface area contributed by atoms with Crippen LogP contribution in [0.15, 0.2) is 52.0 Å². The van der Waals surface area contributed by atoms with Crippen LogP contribution in [0.4, 0.5) is 10.9 Å². The maximum absolute atomic E-state index is 4.45. The first-order valence-electron chi connectivity index (χ1n) is 6.45. The highest BCUT2D eigenvalue weighted by atomic mass is 32.2. The van der Waals surface area contributed by atoms with Gasteiger partial charge in [0.25, 0.3) is 0 Å². The normalized spacial score (nSPS) is 10.6. The molecule has 0 saturated heterocycles. The quantitative estimate of drug-likeness (QED) is 0.771. The Morgan fingerprint density at radius 2 is 2.10 bits per heavy atom. The first-order valence-corrected chi connectivity index (χ1v) is 8.15. The van der Waals surface area contributed by atoms with Gasteiger partial charge in [-0.2, -0.15) is 0 Å². The average Bonchev–Trinajstić information content (AvgIpc) is 2.88. The smallest absolute Gasteiger partial charge is 0.188 e. The number of hydrogen-bond donors (Lipinski definition) is 1. The van der Waals surface area contributed by atoms with Gasteiger partial charge in [0.05, 0.1) is 5.69 Å². The lowest BCUT2D eigenvalue weighted by molar-refractivity contribution is 1.11. The van der Waals surface area contributed by atoms with Gasteiger partial charge in [0.15, 0.2) is 5.13 Å². The predicted octanol–water partition coefficient (Wildman–Crippen LogP) is 4.44. The molecule has 3 rings (SSSR count). The molecule has 0 atom stereocenters. The molecule has 3 aromatic heterocycles. The van der Waals surface area contributed by atoms with Crippen LogP contribution in [-0.2, 0) is 0 Å². The third kappa shape index (κ3) is 3.59. The Labute approximate surface area is 131 Å². The molecular weight excluding hydrogens is 300 g/mol. The fraction of sp³-hybridized carbons (Fsp3) is 0.133. The van der Waals surface area contributed by atoms with Gasteiger partial charge in [-0.05, 0) is 37.6 Å². The van der Waals surface area contributed by atoms with Crippen LogP contribution in [0.2, 0.25) is 0 Å². The second kappa shape index (κ2) is 6.24. The molecule has 6 heteroatoms. The maximum atomic E-state index is 4.45. The van der Waals surface area contributed by atoms with Gasteiger partial charge in [-0.1, -0.05) is 17.8 Å². The van der Waals surface area contributed by atoms with Gasteiger partial charge in [-0.3, -0.25) is 0 Å². The lowest BCUT2D eigenvalue weighted by atomic mass is 10.3. The maximum Gasteiger partial charge on any atom is 0.188 e. The number of aromatic nitrogens is 3. The predicted molar refractivity (Wildman–Crippen MR) is 87.5 cm³/mol. The van der Waals surface area contributed by atoms with E-state index in [1.165, 1.54) is 0 Å². The van der Waals surface area contributed by atoms with Crippen LogP contribution in [0, 0.1) is 13.8 Å². The van der Waals surface area contributed by atoms with Gasteiger partial charge in [0.2, 0.25) is 0 Å². The zero-order valence-corrected chi connectivity index (χ0v) is 13.3. The van der Waals surface area contributed by atoms with Gasteiger partial charge >= 0.3 is 0 Å². The van der Waals surface area contributed by atoms with Crippen molar-refractivity contribution in [2.24, 2.45) is 0 Å². The van der Waals surface area contributed by atoms with E-state index in [1.54, 1.807) is 29.3 Å². The van der Waals surface area contributed by atoms with Crippen LogP contribution in [-0.4, -0.2) is 15.0 Å². The molecule has 0 fully saturated rings. The highest BCUT2D eigenvalue weighted by Crippen LogP contribution is 2.29. The summed E-state index contributed by atoms with van der Waals surface area (Å²) in [6.45, 7) is 4.05. The Hall–Kier alpha value is -1.92. The number of thiazole rings is 1. The Kier molecular flexibility index (Phi) is 4.17. The van der Waals surface area contributed by atoms with Crippen LogP contribution in [0.5, 0.6) is 0 Å². The number of pyridine rings is 2. The summed E-state index contributed by atoms with van der Waals surface area (Å²) in [5.74, 6) is 0.812. The lowest BCUT2D eigenvalue weighted by Crippen LogP contribution is -1.94. The van der Waals surface area contributed by atoms with Crippen molar-refractivity contribution in [2.75, 3.05) is 5.32 Å². The highest BCUT2D eigenvalue weighted by molar-refractivity contribution is 7.99. The number of hydrogen-bond acceptors (Lipinski definition) is 6. The van der Waals surface area contributed by atoms with Crippen molar-refractivity contribution in [3.8, 4) is 0 Å². The van der Waals surface area contributed by atoms with Crippen molar-refractivity contribution >= 4 is 34.0 Å². The molecule has 3 aromatic rings. The summed E-state index contributed by atoms with van der Waals surface area (Å²) < 4.78 is 0. The Morgan fingerprint density at radius 1 is 1.19 bits per heavy atom.